The highest BCUT2D eigenvalue weighted by atomic mass is 32.2. The largest absolute Gasteiger partial charge is 0.307 e. The fraction of sp³-hybridized carbons (Fsp3) is 0.750. The van der Waals surface area contributed by atoms with Crippen LogP contribution in [0.2, 0.25) is 0 Å². The first-order chi connectivity index (χ1) is 7.92. The maximum absolute atomic E-state index is 4.66. The lowest BCUT2D eigenvalue weighted by molar-refractivity contribution is 0.443. The first-order valence-electron chi connectivity index (χ1n) is 6.32. The van der Waals surface area contributed by atoms with Crippen LogP contribution in [0.3, 0.4) is 0 Å². The van der Waals surface area contributed by atoms with Crippen LogP contribution in [-0.4, -0.2) is 27.3 Å². The fourth-order valence-electron chi connectivity index (χ4n) is 3.39. The van der Waals surface area contributed by atoms with E-state index < -0.39 is 0 Å². The molecule has 1 aromatic rings. The Labute approximate surface area is 100.0 Å². The summed E-state index contributed by atoms with van der Waals surface area (Å²) in [5, 5.41) is 8.35. The van der Waals surface area contributed by atoms with Gasteiger partial charge in [0, 0.05) is 35.5 Å². The maximum Gasteiger partial charge on any atom is 0.0620 e. The second-order valence-electron chi connectivity index (χ2n) is 5.21. The van der Waals surface area contributed by atoms with Gasteiger partial charge < -0.3 is 5.32 Å². The first-order valence-corrected chi connectivity index (χ1v) is 7.47. The molecule has 4 heterocycles. The van der Waals surface area contributed by atoms with Crippen molar-refractivity contribution in [2.24, 2.45) is 0 Å². The van der Waals surface area contributed by atoms with Gasteiger partial charge in [0.1, 0.15) is 0 Å². The third-order valence-electron chi connectivity index (χ3n) is 4.24. The summed E-state index contributed by atoms with van der Waals surface area (Å²) in [7, 11) is 0. The van der Waals surface area contributed by atoms with Crippen LogP contribution in [0, 0.1) is 0 Å². The molecule has 0 aromatic carbocycles. The minimum Gasteiger partial charge on any atom is -0.307 e. The molecule has 0 radical (unpaired) electrons. The number of hydrogen-bond donors (Lipinski definition) is 1. The summed E-state index contributed by atoms with van der Waals surface area (Å²) in [6.07, 6.45) is 7.29. The predicted molar refractivity (Wildman–Crippen MR) is 65.8 cm³/mol. The molecule has 3 atom stereocenters. The van der Waals surface area contributed by atoms with Gasteiger partial charge in [0.25, 0.3) is 0 Å². The van der Waals surface area contributed by atoms with E-state index in [2.05, 4.69) is 33.1 Å². The number of thioether (sulfide) groups is 1. The number of rotatable bonds is 1. The number of nitrogens with one attached hydrogen (secondary N) is 1. The van der Waals surface area contributed by atoms with Gasteiger partial charge in [0.05, 0.1) is 12.2 Å². The minimum absolute atomic E-state index is 0.608. The second-order valence-corrected chi connectivity index (χ2v) is 6.36. The predicted octanol–water partition coefficient (Wildman–Crippen LogP) is 1.91. The van der Waals surface area contributed by atoms with E-state index in [0.29, 0.717) is 12.1 Å². The first kappa shape index (κ1) is 9.54. The molecule has 2 bridgehead atoms. The highest BCUT2D eigenvalue weighted by Gasteiger charge is 2.36. The summed E-state index contributed by atoms with van der Waals surface area (Å²) in [4.78, 5) is 0. The van der Waals surface area contributed by atoms with E-state index in [4.69, 9.17) is 0 Å². The van der Waals surface area contributed by atoms with Gasteiger partial charge in [-0.3, -0.25) is 4.68 Å². The quantitative estimate of drug-likeness (QED) is 0.806. The van der Waals surface area contributed by atoms with Crippen molar-refractivity contribution in [3.63, 3.8) is 0 Å². The van der Waals surface area contributed by atoms with Crippen molar-refractivity contribution in [3.05, 3.63) is 17.5 Å². The van der Waals surface area contributed by atoms with Gasteiger partial charge in [-0.1, -0.05) is 0 Å². The molecule has 3 unspecified atom stereocenters. The monoisotopic (exact) mass is 235 g/mol. The van der Waals surface area contributed by atoms with Gasteiger partial charge in [-0.05, 0) is 25.0 Å². The van der Waals surface area contributed by atoms with Gasteiger partial charge >= 0.3 is 0 Å². The molecule has 86 valence electrons. The third kappa shape index (κ3) is 1.29. The average molecular weight is 235 g/mol. The van der Waals surface area contributed by atoms with E-state index in [-0.39, 0.29) is 0 Å². The van der Waals surface area contributed by atoms with Crippen molar-refractivity contribution in [3.8, 4) is 0 Å². The van der Waals surface area contributed by atoms with Gasteiger partial charge in [-0.15, -0.1) is 0 Å². The summed E-state index contributed by atoms with van der Waals surface area (Å²) in [5.74, 6) is 2.57. The zero-order chi connectivity index (χ0) is 10.5. The van der Waals surface area contributed by atoms with Crippen LogP contribution in [0.4, 0.5) is 0 Å². The standard InChI is InChI=1S/C12H17N3S/c1-2-11-10-6-13-15(9-3-4-16-7-9)12(10)5-8(1)14-11/h6,8-9,11,14H,1-5,7H2. The normalized spacial score (nSPS) is 36.6. The summed E-state index contributed by atoms with van der Waals surface area (Å²) >= 11 is 2.07. The third-order valence-corrected chi connectivity index (χ3v) is 5.38. The average Bonchev–Trinajstić information content (AvgIpc) is 2.98. The Morgan fingerprint density at radius 2 is 2.38 bits per heavy atom. The van der Waals surface area contributed by atoms with Crippen molar-refractivity contribution in [2.45, 2.75) is 43.8 Å². The Morgan fingerprint density at radius 1 is 1.38 bits per heavy atom. The summed E-state index contributed by atoms with van der Waals surface area (Å²) in [6, 6.07) is 2.00. The molecule has 1 aromatic heterocycles. The lowest BCUT2D eigenvalue weighted by atomic mass is 10.0. The molecule has 4 rings (SSSR count). The Kier molecular flexibility index (Phi) is 2.09. The van der Waals surface area contributed by atoms with Crippen molar-refractivity contribution in [1.29, 1.82) is 0 Å². The molecule has 3 nitrogen and oxygen atoms in total. The maximum atomic E-state index is 4.66. The van der Waals surface area contributed by atoms with E-state index in [0.717, 1.165) is 6.04 Å². The Morgan fingerprint density at radius 3 is 3.25 bits per heavy atom. The smallest absolute Gasteiger partial charge is 0.0620 e. The molecule has 2 saturated heterocycles. The molecule has 0 amide bonds. The van der Waals surface area contributed by atoms with Crippen LogP contribution >= 0.6 is 11.8 Å². The van der Waals surface area contributed by atoms with E-state index >= 15 is 0 Å². The van der Waals surface area contributed by atoms with E-state index in [1.807, 2.05) is 0 Å². The van der Waals surface area contributed by atoms with Crippen LogP contribution in [0.1, 0.15) is 42.6 Å². The van der Waals surface area contributed by atoms with Crippen molar-refractivity contribution >= 4 is 11.8 Å². The molecule has 3 aliphatic heterocycles. The minimum atomic E-state index is 0.608. The van der Waals surface area contributed by atoms with Crippen molar-refractivity contribution < 1.29 is 0 Å². The number of fused-ring (bicyclic) bond motifs is 4. The summed E-state index contributed by atoms with van der Waals surface area (Å²) in [5.41, 5.74) is 3.03. The van der Waals surface area contributed by atoms with Crippen molar-refractivity contribution in [2.75, 3.05) is 11.5 Å². The van der Waals surface area contributed by atoms with Gasteiger partial charge in [-0.25, -0.2) is 0 Å². The van der Waals surface area contributed by atoms with Gasteiger partial charge in [0.15, 0.2) is 0 Å². The molecule has 4 heteroatoms. The summed E-state index contributed by atoms with van der Waals surface area (Å²) in [6.45, 7) is 0. The van der Waals surface area contributed by atoms with Gasteiger partial charge in [0.2, 0.25) is 0 Å². The molecular weight excluding hydrogens is 218 g/mol. The molecule has 3 aliphatic rings. The Balaban J connectivity index is 1.74. The topological polar surface area (TPSA) is 29.9 Å². The lowest BCUT2D eigenvalue weighted by Crippen LogP contribution is -2.33. The highest BCUT2D eigenvalue weighted by Crippen LogP contribution is 2.38. The molecule has 0 saturated carbocycles. The Bertz CT molecular complexity index is 408. The highest BCUT2D eigenvalue weighted by molar-refractivity contribution is 7.99. The zero-order valence-electron chi connectivity index (χ0n) is 9.35. The summed E-state index contributed by atoms with van der Waals surface area (Å²) < 4.78 is 2.35. The molecular formula is C12H17N3S. The van der Waals surface area contributed by atoms with Crippen LogP contribution in [0.15, 0.2) is 6.20 Å². The zero-order valence-corrected chi connectivity index (χ0v) is 10.2. The SMILES string of the molecule is c1nn(C2CCSC2)c2c1C1CCC(C2)N1. The van der Waals surface area contributed by atoms with Crippen LogP contribution in [0.25, 0.3) is 0 Å². The number of aromatic nitrogens is 2. The number of nitrogens with zero attached hydrogens (tertiary/aromatic N) is 2. The lowest BCUT2D eigenvalue weighted by Gasteiger charge is -2.24. The van der Waals surface area contributed by atoms with Crippen LogP contribution < -0.4 is 5.32 Å². The van der Waals surface area contributed by atoms with E-state index in [9.17, 15) is 0 Å². The number of hydrogen-bond acceptors (Lipinski definition) is 3. The van der Waals surface area contributed by atoms with E-state index in [1.165, 1.54) is 42.8 Å². The van der Waals surface area contributed by atoms with Crippen LogP contribution in [0.5, 0.6) is 0 Å². The molecule has 1 N–H and O–H groups in total. The van der Waals surface area contributed by atoms with Crippen molar-refractivity contribution in [1.82, 2.24) is 15.1 Å². The molecule has 0 aliphatic carbocycles. The molecule has 16 heavy (non-hydrogen) atoms. The second kappa shape index (κ2) is 3.50. The Hall–Kier alpha value is -0.480. The van der Waals surface area contributed by atoms with Crippen LogP contribution in [-0.2, 0) is 6.42 Å². The fourth-order valence-corrected chi connectivity index (χ4v) is 4.58. The molecule has 2 fully saturated rings. The van der Waals surface area contributed by atoms with E-state index in [1.54, 1.807) is 5.69 Å². The van der Waals surface area contributed by atoms with Gasteiger partial charge in [-0.2, -0.15) is 16.9 Å². The molecule has 0 spiro atoms.